The van der Waals surface area contributed by atoms with E-state index in [2.05, 4.69) is 29.4 Å². The number of carbonyl (C=O) groups excluding carboxylic acids is 2. The molecule has 2 N–H and O–H groups in total. The molecule has 1 amide bonds. The molecule has 0 aliphatic carbocycles. The maximum Gasteiger partial charge on any atom is 0.340 e. The molecule has 0 unspecified atom stereocenters. The van der Waals surface area contributed by atoms with E-state index in [0.29, 0.717) is 23.0 Å². The average Bonchev–Trinajstić information content (AvgIpc) is 2.77. The fraction of sp³-hybridized carbons (Fsp3) is 0.167. The highest BCUT2D eigenvalue weighted by molar-refractivity contribution is 5.98. The van der Waals surface area contributed by atoms with Crippen LogP contribution in [0, 0.1) is 0 Å². The van der Waals surface area contributed by atoms with Crippen LogP contribution in [0.25, 0.3) is 0 Å². The zero-order valence-corrected chi connectivity index (χ0v) is 17.3. The van der Waals surface area contributed by atoms with Crippen molar-refractivity contribution in [1.29, 1.82) is 0 Å². The van der Waals surface area contributed by atoms with E-state index in [4.69, 9.17) is 4.74 Å². The lowest BCUT2D eigenvalue weighted by molar-refractivity contribution is -0.119. The highest BCUT2D eigenvalue weighted by atomic mass is 16.5. The zero-order chi connectivity index (χ0) is 22.2. The number of nitrogens with one attached hydrogen (secondary N) is 1. The Morgan fingerprint density at radius 1 is 0.935 bits per heavy atom. The van der Waals surface area contributed by atoms with Crippen LogP contribution in [-0.2, 0) is 9.53 Å². The fourth-order valence-corrected chi connectivity index (χ4v) is 2.72. The minimum absolute atomic E-state index is 0.122. The second kappa shape index (κ2) is 10.2. The maximum absolute atomic E-state index is 12.5. The Morgan fingerprint density at radius 3 is 2.29 bits per heavy atom. The van der Waals surface area contributed by atoms with Gasteiger partial charge in [0.25, 0.3) is 5.91 Å². The summed E-state index contributed by atoms with van der Waals surface area (Å²) in [6.07, 6.45) is 0. The quantitative estimate of drug-likeness (QED) is 0.379. The van der Waals surface area contributed by atoms with Gasteiger partial charge in [-0.05, 0) is 60.0 Å². The Bertz CT molecular complexity index is 1070. The summed E-state index contributed by atoms with van der Waals surface area (Å²) in [6, 6.07) is 20.3. The first-order valence-corrected chi connectivity index (χ1v) is 9.79. The summed E-state index contributed by atoms with van der Waals surface area (Å²) in [4.78, 5) is 24.6. The summed E-state index contributed by atoms with van der Waals surface area (Å²) in [6.45, 7) is 3.76. The molecule has 0 aliphatic rings. The number of phenols is 1. The van der Waals surface area contributed by atoms with Crippen molar-refractivity contribution < 1.29 is 19.4 Å². The molecule has 0 saturated carbocycles. The second-order valence-corrected chi connectivity index (χ2v) is 7.13. The number of nitrogens with zero attached hydrogens (tertiary/aromatic N) is 2. The highest BCUT2D eigenvalue weighted by Gasteiger charge is 2.14. The summed E-state index contributed by atoms with van der Waals surface area (Å²) >= 11 is 0. The van der Waals surface area contributed by atoms with Gasteiger partial charge in [0.15, 0.2) is 6.61 Å². The molecule has 7 heteroatoms. The minimum atomic E-state index is -0.675. The number of amides is 1. The van der Waals surface area contributed by atoms with Crippen LogP contribution in [0.4, 0.5) is 17.1 Å². The van der Waals surface area contributed by atoms with Crippen LogP contribution in [0.1, 0.15) is 35.7 Å². The van der Waals surface area contributed by atoms with E-state index in [-0.39, 0.29) is 11.3 Å². The number of aromatic hydroxyl groups is 1. The summed E-state index contributed by atoms with van der Waals surface area (Å²) < 4.78 is 5.15. The lowest BCUT2D eigenvalue weighted by Crippen LogP contribution is -2.21. The lowest BCUT2D eigenvalue weighted by Gasteiger charge is -2.09. The van der Waals surface area contributed by atoms with Crippen molar-refractivity contribution in [2.45, 2.75) is 19.8 Å². The topological polar surface area (TPSA) is 100 Å². The number of benzene rings is 3. The third-order valence-electron chi connectivity index (χ3n) is 4.44. The Balaban J connectivity index is 1.60. The first kappa shape index (κ1) is 21.7. The molecule has 0 spiro atoms. The van der Waals surface area contributed by atoms with E-state index in [0.717, 1.165) is 0 Å². The molecule has 3 aromatic carbocycles. The van der Waals surface area contributed by atoms with Crippen molar-refractivity contribution in [3.8, 4) is 5.75 Å². The van der Waals surface area contributed by atoms with Crippen LogP contribution in [0.3, 0.4) is 0 Å². The van der Waals surface area contributed by atoms with Crippen LogP contribution in [0.15, 0.2) is 83.0 Å². The molecule has 3 aromatic rings. The number of hydrogen-bond donors (Lipinski definition) is 2. The molecular formula is C24H23N3O4. The van der Waals surface area contributed by atoms with Crippen LogP contribution in [0.2, 0.25) is 0 Å². The molecule has 158 valence electrons. The van der Waals surface area contributed by atoms with Crippen LogP contribution in [0.5, 0.6) is 5.75 Å². The molecule has 0 heterocycles. The van der Waals surface area contributed by atoms with E-state index in [1.165, 1.54) is 17.7 Å². The Hall–Kier alpha value is -4.00. The molecule has 31 heavy (non-hydrogen) atoms. The molecule has 0 saturated heterocycles. The number of hydrogen-bond acceptors (Lipinski definition) is 6. The average molecular weight is 417 g/mol. The summed E-state index contributed by atoms with van der Waals surface area (Å²) in [5, 5.41) is 20.2. The minimum Gasteiger partial charge on any atom is -0.508 e. The molecule has 0 bridgehead atoms. The van der Waals surface area contributed by atoms with Gasteiger partial charge in [-0.3, -0.25) is 4.79 Å². The van der Waals surface area contributed by atoms with E-state index >= 15 is 0 Å². The summed E-state index contributed by atoms with van der Waals surface area (Å²) in [5.41, 5.74) is 2.82. The van der Waals surface area contributed by atoms with Crippen molar-refractivity contribution in [1.82, 2.24) is 0 Å². The fourth-order valence-electron chi connectivity index (χ4n) is 2.72. The lowest BCUT2D eigenvalue weighted by atomic mass is 10.0. The Morgan fingerprint density at radius 2 is 1.61 bits per heavy atom. The Kier molecular flexibility index (Phi) is 7.11. The van der Waals surface area contributed by atoms with Crippen LogP contribution >= 0.6 is 0 Å². The molecule has 7 nitrogen and oxygen atoms in total. The molecular weight excluding hydrogens is 394 g/mol. The predicted octanol–water partition coefficient (Wildman–Crippen LogP) is 5.73. The first-order valence-electron chi connectivity index (χ1n) is 9.79. The van der Waals surface area contributed by atoms with Gasteiger partial charge in [-0.15, -0.1) is 5.11 Å². The van der Waals surface area contributed by atoms with Gasteiger partial charge in [0.1, 0.15) is 11.4 Å². The van der Waals surface area contributed by atoms with E-state index in [9.17, 15) is 14.7 Å². The van der Waals surface area contributed by atoms with Gasteiger partial charge in [-0.25, -0.2) is 4.79 Å². The number of rotatable bonds is 7. The van der Waals surface area contributed by atoms with E-state index < -0.39 is 18.5 Å². The normalized spacial score (nSPS) is 10.9. The number of esters is 1. The SMILES string of the molecule is CC(C)c1ccc(NC(=O)COC(=O)c2ccccc2N=Nc2ccc(O)cc2)cc1. The van der Waals surface area contributed by atoms with Crippen molar-refractivity contribution in [3.05, 3.63) is 83.9 Å². The zero-order valence-electron chi connectivity index (χ0n) is 17.3. The van der Waals surface area contributed by atoms with Gasteiger partial charge >= 0.3 is 5.97 Å². The molecule has 0 aliphatic heterocycles. The number of anilines is 1. The van der Waals surface area contributed by atoms with Crippen LogP contribution in [-0.4, -0.2) is 23.6 Å². The number of azo groups is 1. The number of ether oxygens (including phenoxy) is 1. The third kappa shape index (κ3) is 6.24. The first-order chi connectivity index (χ1) is 14.9. The van der Waals surface area contributed by atoms with Gasteiger partial charge in [0, 0.05) is 5.69 Å². The van der Waals surface area contributed by atoms with Gasteiger partial charge < -0.3 is 15.2 Å². The molecule has 0 fully saturated rings. The second-order valence-electron chi connectivity index (χ2n) is 7.13. The van der Waals surface area contributed by atoms with Crippen molar-refractivity contribution >= 4 is 28.9 Å². The summed E-state index contributed by atoms with van der Waals surface area (Å²) in [7, 11) is 0. The Labute approximate surface area is 180 Å². The molecule has 0 aromatic heterocycles. The standard InChI is InChI=1S/C24H23N3O4/c1-16(2)17-7-9-18(10-8-17)25-23(29)15-31-24(30)21-5-3-4-6-22(21)27-26-19-11-13-20(28)14-12-19/h3-14,16,28H,15H2,1-2H3,(H,25,29). The van der Waals surface area contributed by atoms with Gasteiger partial charge in [-0.1, -0.05) is 38.1 Å². The smallest absolute Gasteiger partial charge is 0.340 e. The van der Waals surface area contributed by atoms with Gasteiger partial charge in [0.2, 0.25) is 0 Å². The predicted molar refractivity (Wildman–Crippen MR) is 118 cm³/mol. The maximum atomic E-state index is 12.5. The molecule has 3 rings (SSSR count). The largest absolute Gasteiger partial charge is 0.508 e. The highest BCUT2D eigenvalue weighted by Crippen LogP contribution is 2.24. The van der Waals surface area contributed by atoms with Gasteiger partial charge in [0.05, 0.1) is 11.3 Å². The number of phenolic OH excluding ortho intramolecular Hbond substituents is 1. The van der Waals surface area contributed by atoms with E-state index in [1.807, 2.05) is 24.3 Å². The van der Waals surface area contributed by atoms with E-state index in [1.54, 1.807) is 36.4 Å². The van der Waals surface area contributed by atoms with Crippen LogP contribution < -0.4 is 5.32 Å². The number of carbonyl (C=O) groups is 2. The van der Waals surface area contributed by atoms with Crippen molar-refractivity contribution in [2.24, 2.45) is 10.2 Å². The van der Waals surface area contributed by atoms with Crippen molar-refractivity contribution in [3.63, 3.8) is 0 Å². The molecule has 0 radical (unpaired) electrons. The monoisotopic (exact) mass is 417 g/mol. The van der Waals surface area contributed by atoms with Crippen molar-refractivity contribution in [2.75, 3.05) is 11.9 Å². The van der Waals surface area contributed by atoms with Gasteiger partial charge in [-0.2, -0.15) is 5.11 Å². The molecule has 0 atom stereocenters. The summed E-state index contributed by atoms with van der Waals surface area (Å²) in [5.74, 6) is -0.589. The third-order valence-corrected chi connectivity index (χ3v) is 4.44.